The molecular formula is C6H8N2O2. The van der Waals surface area contributed by atoms with Gasteiger partial charge in [-0.1, -0.05) is 5.92 Å². The van der Waals surface area contributed by atoms with E-state index >= 15 is 0 Å². The van der Waals surface area contributed by atoms with E-state index in [1.807, 2.05) is 0 Å². The fourth-order valence-electron chi connectivity index (χ4n) is 0.325. The summed E-state index contributed by atoms with van der Waals surface area (Å²) in [7, 11) is 0. The van der Waals surface area contributed by atoms with Crippen LogP contribution >= 0.6 is 0 Å². The third-order valence-electron chi connectivity index (χ3n) is 0.662. The van der Waals surface area contributed by atoms with E-state index in [-0.39, 0.29) is 6.54 Å². The van der Waals surface area contributed by atoms with Crippen molar-refractivity contribution in [2.75, 3.05) is 6.54 Å². The molecule has 0 spiro atoms. The van der Waals surface area contributed by atoms with Gasteiger partial charge in [-0.25, -0.2) is 0 Å². The molecule has 0 saturated carbocycles. The lowest BCUT2D eigenvalue weighted by Crippen LogP contribution is -2.32. The molecule has 0 saturated heterocycles. The van der Waals surface area contributed by atoms with Crippen molar-refractivity contribution < 1.29 is 9.59 Å². The van der Waals surface area contributed by atoms with E-state index in [4.69, 9.17) is 5.73 Å². The molecule has 10 heavy (non-hydrogen) atoms. The van der Waals surface area contributed by atoms with Crippen molar-refractivity contribution in [2.45, 2.75) is 6.92 Å². The Hall–Kier alpha value is -1.50. The summed E-state index contributed by atoms with van der Waals surface area (Å²) in [4.78, 5) is 20.5. The molecule has 4 heteroatoms. The Labute approximate surface area is 58.8 Å². The normalized spacial score (nSPS) is 7.30. The van der Waals surface area contributed by atoms with Crippen LogP contribution in [0.1, 0.15) is 6.92 Å². The first-order chi connectivity index (χ1) is 4.66. The summed E-state index contributed by atoms with van der Waals surface area (Å²) < 4.78 is 0. The van der Waals surface area contributed by atoms with E-state index < -0.39 is 11.8 Å². The van der Waals surface area contributed by atoms with Gasteiger partial charge in [0.1, 0.15) is 0 Å². The Kier molecular flexibility index (Phi) is 3.73. The van der Waals surface area contributed by atoms with E-state index in [2.05, 4.69) is 17.2 Å². The molecule has 0 aromatic heterocycles. The first-order valence-electron chi connectivity index (χ1n) is 2.65. The number of primary amides is 1. The van der Waals surface area contributed by atoms with E-state index in [9.17, 15) is 9.59 Å². The highest BCUT2D eigenvalue weighted by Gasteiger charge is 1.95. The molecule has 0 atom stereocenters. The first kappa shape index (κ1) is 8.50. The van der Waals surface area contributed by atoms with Crippen molar-refractivity contribution in [3.63, 3.8) is 0 Å². The highest BCUT2D eigenvalue weighted by Crippen LogP contribution is 1.60. The summed E-state index contributed by atoms with van der Waals surface area (Å²) in [5.74, 6) is 3.51. The number of hydrogen-bond donors (Lipinski definition) is 2. The molecule has 0 aromatic carbocycles. The molecular weight excluding hydrogens is 132 g/mol. The van der Waals surface area contributed by atoms with Gasteiger partial charge in [-0.2, -0.15) is 0 Å². The van der Waals surface area contributed by atoms with Crippen LogP contribution in [-0.4, -0.2) is 18.4 Å². The molecule has 3 N–H and O–H groups in total. The van der Waals surface area contributed by atoms with Crippen LogP contribution in [0, 0.1) is 11.8 Å². The largest absolute Gasteiger partial charge is 0.368 e. The van der Waals surface area contributed by atoms with Crippen molar-refractivity contribution in [1.29, 1.82) is 0 Å². The zero-order valence-corrected chi connectivity index (χ0v) is 5.60. The fourth-order valence-corrected chi connectivity index (χ4v) is 0.325. The quantitative estimate of drug-likeness (QED) is 0.463. The van der Waals surface area contributed by atoms with Gasteiger partial charge < -0.3 is 11.1 Å². The van der Waals surface area contributed by atoms with Gasteiger partial charge in [0.25, 0.3) is 5.91 Å². The minimum absolute atomic E-state index is 0.159. The van der Waals surface area contributed by atoms with Crippen LogP contribution in [0.5, 0.6) is 0 Å². The number of rotatable bonds is 2. The Morgan fingerprint density at radius 3 is 2.60 bits per heavy atom. The molecule has 2 amide bonds. The van der Waals surface area contributed by atoms with Gasteiger partial charge in [-0.05, 0) is 12.8 Å². The van der Waals surface area contributed by atoms with Crippen molar-refractivity contribution in [2.24, 2.45) is 5.73 Å². The summed E-state index contributed by atoms with van der Waals surface area (Å²) in [6.07, 6.45) is 0. The zero-order chi connectivity index (χ0) is 7.98. The molecule has 0 aliphatic carbocycles. The minimum atomic E-state index is -0.578. The zero-order valence-electron chi connectivity index (χ0n) is 5.60. The summed E-state index contributed by atoms with van der Waals surface area (Å²) >= 11 is 0. The number of amides is 2. The Bertz CT molecular complexity index is 200. The van der Waals surface area contributed by atoms with E-state index in [0.717, 1.165) is 0 Å². The monoisotopic (exact) mass is 140 g/mol. The molecule has 54 valence electrons. The van der Waals surface area contributed by atoms with Crippen LogP contribution in [0.15, 0.2) is 0 Å². The maximum Gasteiger partial charge on any atom is 0.296 e. The van der Waals surface area contributed by atoms with Gasteiger partial charge in [0.2, 0.25) is 5.91 Å². The topological polar surface area (TPSA) is 72.2 Å². The number of carbonyl (C=O) groups is 2. The second-order valence-corrected chi connectivity index (χ2v) is 1.52. The van der Waals surface area contributed by atoms with Crippen LogP contribution in [0.3, 0.4) is 0 Å². The van der Waals surface area contributed by atoms with Gasteiger partial charge in [0.05, 0.1) is 6.54 Å². The van der Waals surface area contributed by atoms with Crippen LogP contribution in [0.4, 0.5) is 0 Å². The number of nitrogens with two attached hydrogens (primary N) is 1. The lowest BCUT2D eigenvalue weighted by atomic mass is 10.5. The Morgan fingerprint density at radius 1 is 1.60 bits per heavy atom. The predicted octanol–water partition coefficient (Wildman–Crippen LogP) is -1.39. The van der Waals surface area contributed by atoms with E-state index in [1.165, 1.54) is 6.92 Å². The van der Waals surface area contributed by atoms with Crippen molar-refractivity contribution in [3.8, 4) is 11.8 Å². The molecule has 0 aromatic rings. The first-order valence-corrected chi connectivity index (χ1v) is 2.65. The van der Waals surface area contributed by atoms with Gasteiger partial charge in [0, 0.05) is 0 Å². The summed E-state index contributed by atoms with van der Waals surface area (Å²) in [6, 6.07) is 0. The third-order valence-corrected chi connectivity index (χ3v) is 0.662. The molecule has 0 fully saturated rings. The van der Waals surface area contributed by atoms with Crippen LogP contribution < -0.4 is 11.1 Å². The molecule has 0 aliphatic heterocycles. The summed E-state index contributed by atoms with van der Waals surface area (Å²) in [5.41, 5.74) is 4.74. The third kappa shape index (κ3) is 4.65. The molecule has 0 aliphatic rings. The Morgan fingerprint density at radius 2 is 2.20 bits per heavy atom. The molecule has 4 nitrogen and oxygen atoms in total. The molecule has 0 unspecified atom stereocenters. The second kappa shape index (κ2) is 4.39. The number of hydrogen-bond acceptors (Lipinski definition) is 2. The van der Waals surface area contributed by atoms with Gasteiger partial charge in [-0.15, -0.1) is 0 Å². The SMILES string of the molecule is CC#CC(=O)NCC(N)=O. The lowest BCUT2D eigenvalue weighted by Gasteiger charge is -1.92. The van der Waals surface area contributed by atoms with Gasteiger partial charge in [0.15, 0.2) is 0 Å². The minimum Gasteiger partial charge on any atom is -0.368 e. The van der Waals surface area contributed by atoms with Crippen LogP contribution in [0.2, 0.25) is 0 Å². The van der Waals surface area contributed by atoms with E-state index in [0.29, 0.717) is 0 Å². The number of nitrogens with one attached hydrogen (secondary N) is 1. The fraction of sp³-hybridized carbons (Fsp3) is 0.333. The maximum atomic E-state index is 10.5. The average Bonchev–Trinajstić information content (AvgIpc) is 1.85. The Balaban J connectivity index is 3.57. The predicted molar refractivity (Wildman–Crippen MR) is 35.7 cm³/mol. The molecule has 0 rings (SSSR count). The average molecular weight is 140 g/mol. The molecule has 0 heterocycles. The second-order valence-electron chi connectivity index (χ2n) is 1.52. The molecule has 0 radical (unpaired) electrons. The van der Waals surface area contributed by atoms with Crippen LogP contribution in [0.25, 0.3) is 0 Å². The van der Waals surface area contributed by atoms with E-state index in [1.54, 1.807) is 0 Å². The highest BCUT2D eigenvalue weighted by atomic mass is 16.2. The van der Waals surface area contributed by atoms with Crippen molar-refractivity contribution in [1.82, 2.24) is 5.32 Å². The summed E-state index contributed by atoms with van der Waals surface area (Å²) in [5, 5.41) is 2.20. The standard InChI is InChI=1S/C6H8N2O2/c1-2-3-6(10)8-4-5(7)9/h4H2,1H3,(H2,7,9)(H,8,10). The maximum absolute atomic E-state index is 10.5. The van der Waals surface area contributed by atoms with Gasteiger partial charge >= 0.3 is 0 Å². The van der Waals surface area contributed by atoms with Gasteiger partial charge in [-0.3, -0.25) is 9.59 Å². The number of carbonyl (C=O) groups excluding carboxylic acids is 2. The van der Waals surface area contributed by atoms with Crippen molar-refractivity contribution >= 4 is 11.8 Å². The lowest BCUT2D eigenvalue weighted by molar-refractivity contribution is -0.121. The van der Waals surface area contributed by atoms with Crippen molar-refractivity contribution in [3.05, 3.63) is 0 Å². The highest BCUT2D eigenvalue weighted by molar-refractivity contribution is 5.95. The smallest absolute Gasteiger partial charge is 0.296 e. The summed E-state index contributed by atoms with van der Waals surface area (Å²) in [6.45, 7) is 1.37. The molecule has 0 bridgehead atoms. The van der Waals surface area contributed by atoms with Crippen LogP contribution in [-0.2, 0) is 9.59 Å².